The van der Waals surface area contributed by atoms with Crippen LogP contribution in [0.4, 0.5) is 0 Å². The Morgan fingerprint density at radius 3 is 2.62 bits per heavy atom. The van der Waals surface area contributed by atoms with Crippen molar-refractivity contribution in [3.8, 4) is 23.6 Å². The largest absolute Gasteiger partial charge is 0.493 e. The van der Waals surface area contributed by atoms with Crippen LogP contribution in [0.3, 0.4) is 0 Å². The molecule has 0 radical (unpaired) electrons. The highest BCUT2D eigenvalue weighted by molar-refractivity contribution is 6.03. The van der Waals surface area contributed by atoms with Crippen LogP contribution in [-0.2, 0) is 9.47 Å². The van der Waals surface area contributed by atoms with Gasteiger partial charge in [0.05, 0.1) is 50.4 Å². The summed E-state index contributed by atoms with van der Waals surface area (Å²) in [6.07, 6.45) is 0.539. The van der Waals surface area contributed by atoms with E-state index >= 15 is 0 Å². The Balaban J connectivity index is 1.74. The van der Waals surface area contributed by atoms with E-state index in [1.807, 2.05) is 0 Å². The predicted molar refractivity (Wildman–Crippen MR) is 87.3 cm³/mol. The van der Waals surface area contributed by atoms with Crippen molar-refractivity contribution in [1.82, 2.24) is 0 Å². The van der Waals surface area contributed by atoms with Crippen molar-refractivity contribution in [3.63, 3.8) is 0 Å². The molecule has 2 aliphatic heterocycles. The van der Waals surface area contributed by atoms with Crippen LogP contribution in [0.2, 0.25) is 0 Å². The molecule has 134 valence electrons. The van der Waals surface area contributed by atoms with E-state index < -0.39 is 23.0 Å². The highest BCUT2D eigenvalue weighted by Crippen LogP contribution is 2.76. The van der Waals surface area contributed by atoms with Gasteiger partial charge in [0.25, 0.3) is 0 Å². The fourth-order valence-electron chi connectivity index (χ4n) is 4.56. The normalized spacial score (nSPS) is 33.2. The summed E-state index contributed by atoms with van der Waals surface area (Å²) in [7, 11) is 3.00. The lowest BCUT2D eigenvalue weighted by molar-refractivity contribution is -0.140. The number of fused-ring (bicyclic) bond motifs is 3. The monoisotopic (exact) mass is 354 g/mol. The molecule has 0 N–H and O–H groups in total. The van der Waals surface area contributed by atoms with Crippen LogP contribution in [-0.4, -0.2) is 39.0 Å². The third-order valence-electron chi connectivity index (χ3n) is 5.93. The van der Waals surface area contributed by atoms with E-state index in [2.05, 4.69) is 12.1 Å². The van der Waals surface area contributed by atoms with Crippen LogP contribution in [0.15, 0.2) is 18.2 Å². The molecule has 7 nitrogen and oxygen atoms in total. The Kier molecular flexibility index (Phi) is 3.69. The molecule has 0 aromatic heterocycles. The zero-order valence-corrected chi connectivity index (χ0v) is 14.5. The number of methoxy groups -OCH3 is 2. The van der Waals surface area contributed by atoms with Crippen molar-refractivity contribution in [2.75, 3.05) is 20.8 Å². The van der Waals surface area contributed by atoms with Crippen molar-refractivity contribution >= 4 is 5.78 Å². The van der Waals surface area contributed by atoms with Gasteiger partial charge in [0.2, 0.25) is 0 Å². The van der Waals surface area contributed by atoms with E-state index in [1.54, 1.807) is 18.2 Å². The molecule has 1 aromatic carbocycles. The number of nitriles is 2. The van der Waals surface area contributed by atoms with Gasteiger partial charge in [0.1, 0.15) is 0 Å². The molecule has 2 heterocycles. The maximum absolute atomic E-state index is 13.2. The van der Waals surface area contributed by atoms with Gasteiger partial charge in [0, 0.05) is 5.56 Å². The molecular formula is C19H18N2O5. The van der Waals surface area contributed by atoms with Crippen LogP contribution in [0.1, 0.15) is 23.2 Å². The summed E-state index contributed by atoms with van der Waals surface area (Å²) in [5.41, 5.74) is -1.97. The number of rotatable bonds is 4. The molecule has 1 saturated carbocycles. The molecule has 2 saturated heterocycles. The number of benzene rings is 1. The van der Waals surface area contributed by atoms with E-state index in [0.717, 1.165) is 0 Å². The summed E-state index contributed by atoms with van der Waals surface area (Å²) < 4.78 is 22.0. The number of ketones is 1. The Labute approximate surface area is 151 Å². The lowest BCUT2D eigenvalue weighted by Gasteiger charge is -2.29. The van der Waals surface area contributed by atoms with Crippen LogP contribution in [0.5, 0.6) is 11.5 Å². The molecule has 4 atom stereocenters. The lowest BCUT2D eigenvalue weighted by atomic mass is 9.86. The number of hydrogen-bond acceptors (Lipinski definition) is 7. The quantitative estimate of drug-likeness (QED) is 0.763. The second kappa shape index (κ2) is 5.70. The van der Waals surface area contributed by atoms with E-state index in [0.29, 0.717) is 36.5 Å². The minimum atomic E-state index is -1.43. The minimum absolute atomic E-state index is 0.0156. The number of hydrogen-bond donors (Lipinski definition) is 0. The van der Waals surface area contributed by atoms with Crippen LogP contribution in [0.25, 0.3) is 0 Å². The third-order valence-corrected chi connectivity index (χ3v) is 5.93. The van der Waals surface area contributed by atoms with Gasteiger partial charge in [0.15, 0.2) is 29.0 Å². The van der Waals surface area contributed by atoms with Crippen molar-refractivity contribution in [2.45, 2.75) is 25.2 Å². The fraction of sp³-hybridized carbons (Fsp3) is 0.526. The van der Waals surface area contributed by atoms with Gasteiger partial charge in [-0.3, -0.25) is 4.79 Å². The first-order valence-electron chi connectivity index (χ1n) is 8.43. The van der Waals surface area contributed by atoms with E-state index in [4.69, 9.17) is 18.9 Å². The average Bonchev–Trinajstić information content (AvgIpc) is 3.06. The Morgan fingerprint density at radius 2 is 1.96 bits per heavy atom. The molecule has 0 amide bonds. The van der Waals surface area contributed by atoms with Crippen molar-refractivity contribution in [3.05, 3.63) is 23.8 Å². The van der Waals surface area contributed by atoms with Crippen LogP contribution >= 0.6 is 0 Å². The highest BCUT2D eigenvalue weighted by atomic mass is 16.7. The summed E-state index contributed by atoms with van der Waals surface area (Å²) >= 11 is 0. The third kappa shape index (κ3) is 1.90. The lowest BCUT2D eigenvalue weighted by Crippen LogP contribution is -2.35. The molecule has 1 spiro atoms. The minimum Gasteiger partial charge on any atom is -0.493 e. The first-order chi connectivity index (χ1) is 12.6. The van der Waals surface area contributed by atoms with Crippen molar-refractivity contribution in [2.24, 2.45) is 16.7 Å². The van der Waals surface area contributed by atoms with Gasteiger partial charge in [-0.1, -0.05) is 0 Å². The van der Waals surface area contributed by atoms with Gasteiger partial charge in [-0.05, 0) is 31.0 Å². The smallest absolute Gasteiger partial charge is 0.169 e. The number of ether oxygens (including phenoxy) is 4. The second-order valence-corrected chi connectivity index (χ2v) is 6.90. The zero-order chi connectivity index (χ0) is 18.5. The molecule has 3 aliphatic rings. The van der Waals surface area contributed by atoms with Crippen molar-refractivity contribution < 1.29 is 23.7 Å². The predicted octanol–water partition coefficient (Wildman–Crippen LogP) is 2.07. The Morgan fingerprint density at radius 1 is 1.23 bits per heavy atom. The number of Topliss-reactive ketones (excluding diaryl/α,β-unsaturated/α-hetero) is 1. The first kappa shape index (κ1) is 16.8. The maximum Gasteiger partial charge on any atom is 0.169 e. The van der Waals surface area contributed by atoms with Crippen molar-refractivity contribution in [1.29, 1.82) is 10.5 Å². The summed E-state index contributed by atoms with van der Waals surface area (Å²) in [6, 6.07) is 9.04. The van der Waals surface area contributed by atoms with Crippen LogP contribution in [0, 0.1) is 39.4 Å². The van der Waals surface area contributed by atoms with E-state index in [-0.39, 0.29) is 11.9 Å². The highest BCUT2D eigenvalue weighted by Gasteiger charge is 2.86. The molecule has 7 heteroatoms. The standard InChI is InChI=1S/C19H18N2O5/c1-23-13-4-3-11(7-14(13)24-2)15(22)16-18(9-20,10-21)19(16)6-5-12-8-25-17(19)26-12/h3-4,7,12,16-17H,5-6,8H2,1-2H3/t12-,16-,17-,19?/m0/s1. The number of carbonyl (C=O) groups excluding carboxylic acids is 1. The first-order valence-corrected chi connectivity index (χ1v) is 8.43. The zero-order valence-electron chi connectivity index (χ0n) is 14.5. The number of carbonyl (C=O) groups is 1. The van der Waals surface area contributed by atoms with Gasteiger partial charge >= 0.3 is 0 Å². The Hall–Kier alpha value is -2.61. The van der Waals surface area contributed by atoms with Crippen LogP contribution < -0.4 is 9.47 Å². The Bertz CT molecular complexity index is 840. The molecule has 3 fully saturated rings. The molecule has 26 heavy (non-hydrogen) atoms. The molecular weight excluding hydrogens is 336 g/mol. The van der Waals surface area contributed by atoms with Gasteiger partial charge in [-0.15, -0.1) is 0 Å². The summed E-state index contributed by atoms with van der Waals surface area (Å²) in [5, 5.41) is 19.5. The van der Waals surface area contributed by atoms with E-state index in [9.17, 15) is 15.3 Å². The summed E-state index contributed by atoms with van der Waals surface area (Å²) in [6.45, 7) is 0.441. The average molecular weight is 354 g/mol. The molecule has 1 aromatic rings. The van der Waals surface area contributed by atoms with E-state index in [1.165, 1.54) is 14.2 Å². The molecule has 4 rings (SSSR count). The van der Waals surface area contributed by atoms with Gasteiger partial charge < -0.3 is 18.9 Å². The van der Waals surface area contributed by atoms with Gasteiger partial charge in [-0.2, -0.15) is 10.5 Å². The topological polar surface area (TPSA) is 102 Å². The molecule has 1 unspecified atom stereocenters. The second-order valence-electron chi connectivity index (χ2n) is 6.90. The SMILES string of the molecule is COc1ccc(C(=O)[C@H]2C(C#N)(C#N)C23CC[C@H]2CO[C@H]3O2)cc1OC. The maximum atomic E-state index is 13.2. The summed E-state index contributed by atoms with van der Waals surface area (Å²) in [4.78, 5) is 13.2. The fourth-order valence-corrected chi connectivity index (χ4v) is 4.56. The molecule has 2 bridgehead atoms. The number of nitrogens with zero attached hydrogens (tertiary/aromatic N) is 2. The van der Waals surface area contributed by atoms with Gasteiger partial charge in [-0.25, -0.2) is 0 Å². The molecule has 1 aliphatic carbocycles. The summed E-state index contributed by atoms with van der Waals surface area (Å²) in [5.74, 6) is -0.132.